The molecule has 1 rings (SSSR count). The standard InChI is InChI=1S/C13H17F4NO2/c1-19-7-5-18-9-10-2-3-12(20-6-4-14)11(8-10)13(15,16)17/h2-3,8,18H,4-7,9H2,1H3. The Morgan fingerprint density at radius 2 is 1.95 bits per heavy atom. The van der Waals surface area contributed by atoms with Gasteiger partial charge in [0.2, 0.25) is 0 Å². The van der Waals surface area contributed by atoms with Gasteiger partial charge in [0.05, 0.1) is 12.2 Å². The zero-order valence-electron chi connectivity index (χ0n) is 11.1. The van der Waals surface area contributed by atoms with Crippen molar-refractivity contribution in [2.45, 2.75) is 12.7 Å². The Kier molecular flexibility index (Phi) is 6.74. The van der Waals surface area contributed by atoms with Crippen LogP contribution in [0, 0.1) is 0 Å². The molecule has 0 aromatic heterocycles. The summed E-state index contributed by atoms with van der Waals surface area (Å²) in [6.45, 7) is 0.0732. The summed E-state index contributed by atoms with van der Waals surface area (Å²) in [5, 5.41) is 2.95. The van der Waals surface area contributed by atoms with E-state index in [9.17, 15) is 17.6 Å². The van der Waals surface area contributed by atoms with Gasteiger partial charge in [-0.1, -0.05) is 6.07 Å². The number of ether oxygens (including phenoxy) is 2. The van der Waals surface area contributed by atoms with E-state index in [0.29, 0.717) is 18.7 Å². The van der Waals surface area contributed by atoms with E-state index in [2.05, 4.69) is 5.32 Å². The lowest BCUT2D eigenvalue weighted by Gasteiger charge is -2.15. The molecule has 20 heavy (non-hydrogen) atoms. The van der Waals surface area contributed by atoms with Crippen LogP contribution in [0.5, 0.6) is 5.75 Å². The van der Waals surface area contributed by atoms with Crippen LogP contribution in [0.1, 0.15) is 11.1 Å². The molecule has 0 spiro atoms. The van der Waals surface area contributed by atoms with Crippen molar-refractivity contribution in [1.29, 1.82) is 0 Å². The van der Waals surface area contributed by atoms with Gasteiger partial charge in [-0.15, -0.1) is 0 Å². The third kappa shape index (κ3) is 5.34. The summed E-state index contributed by atoms with van der Waals surface area (Å²) in [4.78, 5) is 0. The fraction of sp³-hybridized carbons (Fsp3) is 0.538. The average molecular weight is 295 g/mol. The predicted molar refractivity (Wildman–Crippen MR) is 66.5 cm³/mol. The minimum Gasteiger partial charge on any atom is -0.490 e. The number of benzene rings is 1. The van der Waals surface area contributed by atoms with Gasteiger partial charge in [-0.25, -0.2) is 4.39 Å². The lowest BCUT2D eigenvalue weighted by atomic mass is 10.1. The Labute approximate surface area is 114 Å². The lowest BCUT2D eigenvalue weighted by Crippen LogP contribution is -2.19. The van der Waals surface area contributed by atoms with E-state index >= 15 is 0 Å². The molecule has 114 valence electrons. The third-order valence-electron chi connectivity index (χ3n) is 2.50. The molecule has 0 amide bonds. The fourth-order valence-electron chi connectivity index (χ4n) is 1.59. The highest BCUT2D eigenvalue weighted by Crippen LogP contribution is 2.36. The number of hydrogen-bond acceptors (Lipinski definition) is 3. The van der Waals surface area contributed by atoms with Gasteiger partial charge >= 0.3 is 6.18 Å². The van der Waals surface area contributed by atoms with Crippen molar-refractivity contribution < 1.29 is 27.0 Å². The fourth-order valence-corrected chi connectivity index (χ4v) is 1.59. The molecule has 7 heteroatoms. The number of alkyl halides is 4. The largest absolute Gasteiger partial charge is 0.490 e. The topological polar surface area (TPSA) is 30.5 Å². The second kappa shape index (κ2) is 8.06. The number of nitrogens with one attached hydrogen (secondary N) is 1. The maximum absolute atomic E-state index is 12.9. The maximum atomic E-state index is 12.9. The molecule has 0 unspecified atom stereocenters. The summed E-state index contributed by atoms with van der Waals surface area (Å²) in [6, 6.07) is 3.74. The van der Waals surface area contributed by atoms with Crippen LogP contribution in [-0.2, 0) is 17.5 Å². The maximum Gasteiger partial charge on any atom is 0.419 e. The van der Waals surface area contributed by atoms with Gasteiger partial charge in [0, 0.05) is 20.2 Å². The Balaban J connectivity index is 2.79. The van der Waals surface area contributed by atoms with Gasteiger partial charge in [0.15, 0.2) is 0 Å². The van der Waals surface area contributed by atoms with Crippen LogP contribution >= 0.6 is 0 Å². The Hall–Kier alpha value is -1.34. The highest BCUT2D eigenvalue weighted by molar-refractivity contribution is 5.39. The first-order valence-corrected chi connectivity index (χ1v) is 6.07. The molecule has 1 aromatic carbocycles. The van der Waals surface area contributed by atoms with Gasteiger partial charge < -0.3 is 14.8 Å². The normalized spacial score (nSPS) is 11.7. The molecule has 0 aliphatic heterocycles. The highest BCUT2D eigenvalue weighted by Gasteiger charge is 2.34. The van der Waals surface area contributed by atoms with Crippen LogP contribution in [0.3, 0.4) is 0 Å². The average Bonchev–Trinajstić information content (AvgIpc) is 2.41. The van der Waals surface area contributed by atoms with Crippen LogP contribution in [0.15, 0.2) is 18.2 Å². The molecular formula is C13H17F4NO2. The van der Waals surface area contributed by atoms with Crippen LogP contribution in [0.25, 0.3) is 0 Å². The van der Waals surface area contributed by atoms with Crippen molar-refractivity contribution >= 4 is 0 Å². The van der Waals surface area contributed by atoms with E-state index in [-0.39, 0.29) is 12.3 Å². The molecule has 0 bridgehead atoms. The van der Waals surface area contributed by atoms with E-state index < -0.39 is 25.0 Å². The Morgan fingerprint density at radius 1 is 1.20 bits per heavy atom. The van der Waals surface area contributed by atoms with Crippen molar-refractivity contribution in [2.24, 2.45) is 0 Å². The minimum absolute atomic E-state index is 0.288. The zero-order valence-corrected chi connectivity index (χ0v) is 11.1. The molecule has 0 fully saturated rings. The summed E-state index contributed by atoms with van der Waals surface area (Å²) < 4.78 is 60.2. The summed E-state index contributed by atoms with van der Waals surface area (Å²) in [5.74, 6) is -0.351. The molecule has 0 heterocycles. The first kappa shape index (κ1) is 16.7. The lowest BCUT2D eigenvalue weighted by molar-refractivity contribution is -0.139. The number of hydrogen-bond donors (Lipinski definition) is 1. The second-order valence-electron chi connectivity index (χ2n) is 4.04. The summed E-state index contributed by atoms with van der Waals surface area (Å²) in [5.41, 5.74) is -0.419. The molecule has 0 saturated heterocycles. The monoisotopic (exact) mass is 295 g/mol. The summed E-state index contributed by atoms with van der Waals surface area (Å²) >= 11 is 0. The SMILES string of the molecule is COCCNCc1ccc(OCCF)c(C(F)(F)F)c1. The number of methoxy groups -OCH3 is 1. The van der Waals surface area contributed by atoms with E-state index in [1.54, 1.807) is 7.11 Å². The quantitative estimate of drug-likeness (QED) is 0.591. The molecule has 3 nitrogen and oxygen atoms in total. The molecule has 0 aliphatic carbocycles. The van der Waals surface area contributed by atoms with Crippen molar-refractivity contribution in [3.8, 4) is 5.75 Å². The first-order valence-electron chi connectivity index (χ1n) is 6.07. The summed E-state index contributed by atoms with van der Waals surface area (Å²) in [6.07, 6.45) is -4.53. The Bertz CT molecular complexity index is 410. The van der Waals surface area contributed by atoms with Gasteiger partial charge in [-0.3, -0.25) is 0 Å². The van der Waals surface area contributed by atoms with E-state index in [0.717, 1.165) is 6.07 Å². The predicted octanol–water partition coefficient (Wildman–Crippen LogP) is 2.79. The van der Waals surface area contributed by atoms with Crippen molar-refractivity contribution in [1.82, 2.24) is 5.32 Å². The van der Waals surface area contributed by atoms with Gasteiger partial charge in [-0.2, -0.15) is 13.2 Å². The van der Waals surface area contributed by atoms with Gasteiger partial charge in [0.25, 0.3) is 0 Å². The van der Waals surface area contributed by atoms with Gasteiger partial charge in [-0.05, 0) is 17.7 Å². The molecule has 0 aliphatic rings. The van der Waals surface area contributed by atoms with E-state index in [1.165, 1.54) is 12.1 Å². The van der Waals surface area contributed by atoms with Crippen LogP contribution < -0.4 is 10.1 Å². The Morgan fingerprint density at radius 3 is 2.55 bits per heavy atom. The smallest absolute Gasteiger partial charge is 0.419 e. The third-order valence-corrected chi connectivity index (χ3v) is 2.50. The second-order valence-corrected chi connectivity index (χ2v) is 4.04. The van der Waals surface area contributed by atoms with Crippen LogP contribution in [0.4, 0.5) is 17.6 Å². The van der Waals surface area contributed by atoms with Crippen LogP contribution in [0.2, 0.25) is 0 Å². The summed E-state index contributed by atoms with van der Waals surface area (Å²) in [7, 11) is 1.54. The van der Waals surface area contributed by atoms with E-state index in [4.69, 9.17) is 9.47 Å². The molecule has 1 aromatic rings. The van der Waals surface area contributed by atoms with Gasteiger partial charge in [0.1, 0.15) is 19.0 Å². The van der Waals surface area contributed by atoms with Crippen molar-refractivity contribution in [2.75, 3.05) is 33.5 Å². The first-order chi connectivity index (χ1) is 9.49. The van der Waals surface area contributed by atoms with Crippen LogP contribution in [-0.4, -0.2) is 33.5 Å². The molecule has 0 atom stereocenters. The van der Waals surface area contributed by atoms with Crippen molar-refractivity contribution in [3.05, 3.63) is 29.3 Å². The molecule has 0 saturated carbocycles. The van der Waals surface area contributed by atoms with E-state index in [1.807, 2.05) is 0 Å². The molecular weight excluding hydrogens is 278 g/mol. The molecule has 0 radical (unpaired) electrons. The molecule has 1 N–H and O–H groups in total. The van der Waals surface area contributed by atoms with Crippen molar-refractivity contribution in [3.63, 3.8) is 0 Å². The zero-order chi connectivity index (χ0) is 15.0. The number of halogens is 4. The minimum atomic E-state index is -4.53. The number of rotatable bonds is 8. The highest BCUT2D eigenvalue weighted by atomic mass is 19.4.